The number of carbonyl (C=O) groups is 1. The van der Waals surface area contributed by atoms with Crippen LogP contribution in [0.15, 0.2) is 60.7 Å². The molecule has 0 unspecified atom stereocenters. The van der Waals surface area contributed by atoms with Crippen LogP contribution in [0.5, 0.6) is 11.5 Å². The van der Waals surface area contributed by atoms with Crippen LogP contribution in [0.1, 0.15) is 15.4 Å². The van der Waals surface area contributed by atoms with E-state index in [9.17, 15) is 4.79 Å². The molecule has 2 aromatic carbocycles. The van der Waals surface area contributed by atoms with Crippen LogP contribution in [0.3, 0.4) is 0 Å². The molecule has 2 aromatic heterocycles. The van der Waals surface area contributed by atoms with Gasteiger partial charge in [0.1, 0.15) is 21.2 Å². The third-order valence-corrected chi connectivity index (χ3v) is 5.47. The van der Waals surface area contributed by atoms with E-state index in [0.29, 0.717) is 32.8 Å². The number of nitrogens with one attached hydrogen (secondary N) is 1. The molecule has 0 saturated carbocycles. The number of amides is 1. The fourth-order valence-corrected chi connectivity index (χ4v) is 3.85. The highest BCUT2D eigenvalue weighted by Crippen LogP contribution is 2.33. The molecule has 0 bridgehead atoms. The minimum atomic E-state index is -0.260. The van der Waals surface area contributed by atoms with E-state index in [0.717, 1.165) is 15.9 Å². The molecule has 7 heteroatoms. The summed E-state index contributed by atoms with van der Waals surface area (Å²) in [6.07, 6.45) is 0. The molecule has 3 N–H and O–H groups in total. The maximum atomic E-state index is 12.6. The molecule has 0 aliphatic carbocycles. The highest BCUT2D eigenvalue weighted by Gasteiger charge is 2.17. The summed E-state index contributed by atoms with van der Waals surface area (Å²) in [7, 11) is 0. The molecule has 5 nitrogen and oxygen atoms in total. The summed E-state index contributed by atoms with van der Waals surface area (Å²) in [6.45, 7) is 1.91. The maximum Gasteiger partial charge on any atom is 0.267 e. The number of carbonyl (C=O) groups excluding carboxylic acids is 1. The van der Waals surface area contributed by atoms with E-state index in [1.165, 1.54) is 11.3 Å². The molecule has 4 aromatic rings. The Morgan fingerprint density at radius 2 is 1.68 bits per heavy atom. The largest absolute Gasteiger partial charge is 0.457 e. The molecule has 0 saturated heterocycles. The molecule has 140 valence electrons. The monoisotopic (exact) mass is 409 g/mol. The van der Waals surface area contributed by atoms with Gasteiger partial charge in [0.25, 0.3) is 5.91 Å². The predicted molar refractivity (Wildman–Crippen MR) is 115 cm³/mol. The molecular weight excluding hydrogens is 394 g/mol. The molecule has 0 aliphatic heterocycles. The molecule has 2 heterocycles. The van der Waals surface area contributed by atoms with Crippen LogP contribution in [0.2, 0.25) is 5.02 Å². The molecule has 28 heavy (non-hydrogen) atoms. The van der Waals surface area contributed by atoms with E-state index in [-0.39, 0.29) is 5.91 Å². The first kappa shape index (κ1) is 18.3. The number of hydrogen-bond donors (Lipinski definition) is 2. The van der Waals surface area contributed by atoms with Gasteiger partial charge >= 0.3 is 0 Å². The Balaban J connectivity index is 1.49. The fraction of sp³-hybridized carbons (Fsp3) is 0.0476. The first-order valence-electron chi connectivity index (χ1n) is 8.50. The van der Waals surface area contributed by atoms with Crippen molar-refractivity contribution in [2.24, 2.45) is 0 Å². The second-order valence-corrected chi connectivity index (χ2v) is 7.62. The van der Waals surface area contributed by atoms with Gasteiger partial charge in [0.15, 0.2) is 0 Å². The molecule has 4 rings (SSSR count). The molecule has 1 amide bonds. The minimum Gasteiger partial charge on any atom is -0.457 e. The third kappa shape index (κ3) is 3.78. The number of ether oxygens (including phenoxy) is 1. The summed E-state index contributed by atoms with van der Waals surface area (Å²) in [5.74, 6) is 1.08. The Morgan fingerprint density at radius 1 is 1.04 bits per heavy atom. The lowest BCUT2D eigenvalue weighted by Crippen LogP contribution is -2.11. The van der Waals surface area contributed by atoms with Gasteiger partial charge in [-0.15, -0.1) is 11.3 Å². The van der Waals surface area contributed by atoms with E-state index in [1.54, 1.807) is 48.5 Å². The summed E-state index contributed by atoms with van der Waals surface area (Å²) >= 11 is 7.16. The summed E-state index contributed by atoms with van der Waals surface area (Å²) in [4.78, 5) is 18.3. The van der Waals surface area contributed by atoms with Crippen molar-refractivity contribution in [3.05, 3.63) is 76.3 Å². The molecule has 0 atom stereocenters. The van der Waals surface area contributed by atoms with E-state index in [2.05, 4.69) is 10.3 Å². The average molecular weight is 410 g/mol. The van der Waals surface area contributed by atoms with Gasteiger partial charge in [-0.25, -0.2) is 4.98 Å². The number of nitrogen functional groups attached to an aromatic ring is 1. The second-order valence-electron chi connectivity index (χ2n) is 6.18. The zero-order valence-electron chi connectivity index (χ0n) is 14.9. The Labute approximate surface area is 170 Å². The van der Waals surface area contributed by atoms with Crippen LogP contribution < -0.4 is 15.8 Å². The van der Waals surface area contributed by atoms with E-state index < -0.39 is 0 Å². The number of hydrogen-bond acceptors (Lipinski definition) is 5. The van der Waals surface area contributed by atoms with Crippen LogP contribution in [0.25, 0.3) is 10.2 Å². The van der Waals surface area contributed by atoms with Gasteiger partial charge in [0, 0.05) is 21.8 Å². The minimum absolute atomic E-state index is 0.260. The van der Waals surface area contributed by atoms with Crippen LogP contribution in [-0.4, -0.2) is 10.9 Å². The highest BCUT2D eigenvalue weighted by molar-refractivity contribution is 7.21. The maximum absolute atomic E-state index is 12.6. The number of rotatable bonds is 4. The Morgan fingerprint density at radius 3 is 2.36 bits per heavy atom. The lowest BCUT2D eigenvalue weighted by Gasteiger charge is -2.08. The first-order chi connectivity index (χ1) is 13.5. The van der Waals surface area contributed by atoms with Crippen LogP contribution in [0.4, 0.5) is 11.4 Å². The van der Waals surface area contributed by atoms with E-state index >= 15 is 0 Å². The smallest absolute Gasteiger partial charge is 0.267 e. The van der Waals surface area contributed by atoms with Crippen LogP contribution >= 0.6 is 22.9 Å². The van der Waals surface area contributed by atoms with Crippen molar-refractivity contribution in [1.82, 2.24) is 4.98 Å². The molecule has 0 aliphatic rings. The van der Waals surface area contributed by atoms with Crippen LogP contribution in [0, 0.1) is 6.92 Å². The number of nitrogens with zero attached hydrogens (tertiary/aromatic N) is 1. The number of benzene rings is 2. The fourth-order valence-electron chi connectivity index (χ4n) is 2.69. The summed E-state index contributed by atoms with van der Waals surface area (Å²) in [5.41, 5.74) is 8.13. The first-order valence-corrected chi connectivity index (χ1v) is 9.69. The molecule has 0 spiro atoms. The second kappa shape index (κ2) is 7.50. The van der Waals surface area contributed by atoms with E-state index in [1.807, 2.05) is 19.1 Å². The number of thiophene rings is 1. The molecule has 0 fully saturated rings. The molecule has 0 radical (unpaired) electrons. The standard InChI is InChI=1S/C21H16ClN3O2S/c1-12-2-11-17-18(23)19(28-21(17)24-12)20(26)25-14-5-9-16(10-6-14)27-15-7-3-13(22)4-8-15/h2-11H,23H2,1H3,(H,25,26). The van der Waals surface area contributed by atoms with Gasteiger partial charge in [-0.1, -0.05) is 11.6 Å². The topological polar surface area (TPSA) is 77.2 Å². The summed E-state index contributed by atoms with van der Waals surface area (Å²) in [5, 5.41) is 4.31. The van der Waals surface area contributed by atoms with Crippen molar-refractivity contribution >= 4 is 50.4 Å². The Hall–Kier alpha value is -3.09. The number of fused-ring (bicyclic) bond motifs is 1. The van der Waals surface area contributed by atoms with Gasteiger partial charge < -0.3 is 15.8 Å². The molecular formula is C21H16ClN3O2S. The number of halogens is 1. The number of aryl methyl sites for hydroxylation is 1. The number of nitrogens with two attached hydrogens (primary N) is 1. The zero-order chi connectivity index (χ0) is 19.7. The number of anilines is 2. The lowest BCUT2D eigenvalue weighted by molar-refractivity contribution is 0.103. The highest BCUT2D eigenvalue weighted by atomic mass is 35.5. The van der Waals surface area contributed by atoms with Crippen molar-refractivity contribution in [3.63, 3.8) is 0 Å². The number of pyridine rings is 1. The normalized spacial score (nSPS) is 10.8. The van der Waals surface area contributed by atoms with Crippen LogP contribution in [-0.2, 0) is 0 Å². The van der Waals surface area contributed by atoms with Crippen molar-refractivity contribution in [2.45, 2.75) is 6.92 Å². The zero-order valence-corrected chi connectivity index (χ0v) is 16.5. The predicted octanol–water partition coefficient (Wildman–Crippen LogP) is 5.88. The average Bonchev–Trinajstić information content (AvgIpc) is 3.01. The SMILES string of the molecule is Cc1ccc2c(N)c(C(=O)Nc3ccc(Oc4ccc(Cl)cc4)cc3)sc2n1. The number of aromatic nitrogens is 1. The van der Waals surface area contributed by atoms with Gasteiger partial charge in [-0.3, -0.25) is 4.79 Å². The van der Waals surface area contributed by atoms with Crippen molar-refractivity contribution < 1.29 is 9.53 Å². The summed E-state index contributed by atoms with van der Waals surface area (Å²) < 4.78 is 5.75. The van der Waals surface area contributed by atoms with Crippen molar-refractivity contribution in [3.8, 4) is 11.5 Å². The quantitative estimate of drug-likeness (QED) is 0.441. The van der Waals surface area contributed by atoms with E-state index in [4.69, 9.17) is 22.1 Å². The van der Waals surface area contributed by atoms with Crippen molar-refractivity contribution in [1.29, 1.82) is 0 Å². The third-order valence-electron chi connectivity index (χ3n) is 4.10. The summed E-state index contributed by atoms with van der Waals surface area (Å²) in [6, 6.07) is 18.0. The lowest BCUT2D eigenvalue weighted by atomic mass is 10.2. The van der Waals surface area contributed by atoms with Crippen molar-refractivity contribution in [2.75, 3.05) is 11.1 Å². The van der Waals surface area contributed by atoms with Gasteiger partial charge in [-0.2, -0.15) is 0 Å². The van der Waals surface area contributed by atoms with Gasteiger partial charge in [-0.05, 0) is 67.6 Å². The van der Waals surface area contributed by atoms with Gasteiger partial charge in [0.05, 0.1) is 5.69 Å². The Bertz CT molecular complexity index is 1150. The van der Waals surface area contributed by atoms with Gasteiger partial charge in [0.2, 0.25) is 0 Å². The Kier molecular flexibility index (Phi) is 4.90.